The summed E-state index contributed by atoms with van der Waals surface area (Å²) in [5.74, 6) is -0.440. The number of hydrogen-bond acceptors (Lipinski definition) is 3. The highest BCUT2D eigenvalue weighted by Crippen LogP contribution is 2.37. The molecule has 2 amide bonds. The first-order valence-electron chi connectivity index (χ1n) is 15.3. The first-order chi connectivity index (χ1) is 22.3. The molecule has 0 saturated heterocycles. The van der Waals surface area contributed by atoms with Gasteiger partial charge in [0.25, 0.3) is 11.8 Å². The predicted octanol–water partition coefficient (Wildman–Crippen LogP) is 10.3. The molecule has 230 valence electrons. The quantitative estimate of drug-likeness (QED) is 0.169. The fraction of sp³-hybridized carbons (Fsp3) is 0.100. The van der Waals surface area contributed by atoms with Crippen molar-refractivity contribution in [3.05, 3.63) is 146 Å². The molecule has 0 aliphatic carbocycles. The summed E-state index contributed by atoms with van der Waals surface area (Å²) in [5.41, 5.74) is 8.37. The van der Waals surface area contributed by atoms with Gasteiger partial charge in [-0.05, 0) is 98.8 Å². The number of nitrogens with zero attached hydrogens (tertiary/aromatic N) is 2. The summed E-state index contributed by atoms with van der Waals surface area (Å²) in [6.45, 7) is 14.8. The van der Waals surface area contributed by atoms with Gasteiger partial charge < -0.3 is 20.1 Å². The van der Waals surface area contributed by atoms with Crippen molar-refractivity contribution < 1.29 is 9.59 Å². The van der Waals surface area contributed by atoms with Crippen LogP contribution in [-0.2, 0) is 9.59 Å². The number of carbonyl (C=O) groups excluding carboxylic acids is 2. The minimum atomic E-state index is -0.220. The molecule has 1 heterocycles. The number of amides is 2. The van der Waals surface area contributed by atoms with E-state index >= 15 is 0 Å². The van der Waals surface area contributed by atoms with Crippen molar-refractivity contribution in [3.8, 4) is 5.69 Å². The van der Waals surface area contributed by atoms with Crippen LogP contribution < -0.4 is 15.5 Å². The van der Waals surface area contributed by atoms with Crippen molar-refractivity contribution in [2.75, 3.05) is 15.5 Å². The molecule has 0 bridgehead atoms. The first kappa shape index (κ1) is 31.5. The molecule has 1 aromatic heterocycles. The van der Waals surface area contributed by atoms with E-state index in [-0.39, 0.29) is 11.8 Å². The van der Waals surface area contributed by atoms with E-state index in [1.165, 1.54) is 10.8 Å². The van der Waals surface area contributed by atoms with E-state index < -0.39 is 0 Å². The Labute approximate surface area is 270 Å². The molecule has 5 aromatic carbocycles. The average Bonchev–Trinajstić information content (AvgIpc) is 3.42. The second kappa shape index (κ2) is 13.8. The van der Waals surface area contributed by atoms with Gasteiger partial charge in [-0.2, -0.15) is 0 Å². The van der Waals surface area contributed by atoms with E-state index in [9.17, 15) is 9.59 Å². The number of aromatic nitrogens is 1. The normalized spacial score (nSPS) is 10.5. The van der Waals surface area contributed by atoms with Gasteiger partial charge in [0, 0.05) is 56.0 Å². The summed E-state index contributed by atoms with van der Waals surface area (Å²) in [6, 6.07) is 40.7. The Morgan fingerprint density at radius 3 is 1.26 bits per heavy atom. The largest absolute Gasteiger partial charge is 0.322 e. The lowest BCUT2D eigenvalue weighted by molar-refractivity contribution is -0.113. The third kappa shape index (κ3) is 6.47. The molecule has 0 saturated carbocycles. The average molecular weight is 607 g/mol. The van der Waals surface area contributed by atoms with Crippen LogP contribution >= 0.6 is 0 Å². The fourth-order valence-corrected chi connectivity index (χ4v) is 5.26. The van der Waals surface area contributed by atoms with Gasteiger partial charge in [-0.25, -0.2) is 0 Å². The number of para-hydroxylation sites is 2. The molecule has 0 spiro atoms. The highest BCUT2D eigenvalue weighted by Gasteiger charge is 2.16. The van der Waals surface area contributed by atoms with E-state index in [0.29, 0.717) is 22.5 Å². The van der Waals surface area contributed by atoms with Crippen molar-refractivity contribution in [1.82, 2.24) is 4.57 Å². The zero-order valence-electron chi connectivity index (χ0n) is 26.7. The molecular weight excluding hydrogens is 568 g/mol. The Morgan fingerprint density at radius 2 is 0.891 bits per heavy atom. The Morgan fingerprint density at radius 1 is 0.543 bits per heavy atom. The Balaban J connectivity index is 0.00000204. The molecule has 6 heteroatoms. The van der Waals surface area contributed by atoms with Crippen LogP contribution in [-0.4, -0.2) is 16.4 Å². The molecule has 0 unspecified atom stereocenters. The lowest BCUT2D eigenvalue weighted by Crippen LogP contribution is -2.13. The maximum absolute atomic E-state index is 12.2. The topological polar surface area (TPSA) is 66.4 Å². The van der Waals surface area contributed by atoms with Crippen LogP contribution in [0.1, 0.15) is 27.7 Å². The highest BCUT2D eigenvalue weighted by atomic mass is 16.2. The monoisotopic (exact) mass is 606 g/mol. The molecule has 6 aromatic rings. The predicted molar refractivity (Wildman–Crippen MR) is 194 cm³/mol. The highest BCUT2D eigenvalue weighted by molar-refractivity contribution is 6.09. The summed E-state index contributed by atoms with van der Waals surface area (Å²) >= 11 is 0. The van der Waals surface area contributed by atoms with Gasteiger partial charge in [0.2, 0.25) is 0 Å². The van der Waals surface area contributed by atoms with E-state index in [1.54, 1.807) is 13.8 Å². The minimum absolute atomic E-state index is 0.220. The van der Waals surface area contributed by atoms with Crippen molar-refractivity contribution >= 4 is 62.1 Å². The number of benzene rings is 5. The van der Waals surface area contributed by atoms with Crippen molar-refractivity contribution in [2.24, 2.45) is 0 Å². The zero-order chi connectivity index (χ0) is 32.8. The van der Waals surface area contributed by atoms with E-state index in [2.05, 4.69) is 106 Å². The van der Waals surface area contributed by atoms with Gasteiger partial charge in [0.1, 0.15) is 0 Å². The number of anilines is 5. The molecule has 46 heavy (non-hydrogen) atoms. The third-order valence-corrected chi connectivity index (χ3v) is 7.49. The lowest BCUT2D eigenvalue weighted by atomic mass is 10.1. The molecule has 0 fully saturated rings. The van der Waals surface area contributed by atoms with Gasteiger partial charge in [-0.15, -0.1) is 0 Å². The van der Waals surface area contributed by atoms with Crippen LogP contribution in [0, 0.1) is 0 Å². The van der Waals surface area contributed by atoms with Crippen LogP contribution in [0.5, 0.6) is 0 Å². The van der Waals surface area contributed by atoms with Gasteiger partial charge in [-0.1, -0.05) is 63.4 Å². The number of rotatable bonds is 8. The van der Waals surface area contributed by atoms with Gasteiger partial charge >= 0.3 is 0 Å². The van der Waals surface area contributed by atoms with Crippen LogP contribution in [0.25, 0.3) is 27.5 Å². The van der Waals surface area contributed by atoms with Crippen molar-refractivity contribution in [2.45, 2.75) is 27.7 Å². The summed E-state index contributed by atoms with van der Waals surface area (Å²) in [6.07, 6.45) is 0. The zero-order valence-corrected chi connectivity index (χ0v) is 26.7. The smallest absolute Gasteiger partial charge is 0.250 e. The van der Waals surface area contributed by atoms with Crippen LogP contribution in [0.3, 0.4) is 0 Å². The summed E-state index contributed by atoms with van der Waals surface area (Å²) < 4.78 is 2.29. The first-order valence-corrected chi connectivity index (χ1v) is 15.3. The molecule has 0 radical (unpaired) electrons. The second-order valence-corrected chi connectivity index (χ2v) is 10.8. The van der Waals surface area contributed by atoms with E-state index in [1.807, 2.05) is 62.4 Å². The second-order valence-electron chi connectivity index (χ2n) is 10.8. The molecular formula is C40H38N4O2. The molecule has 0 atom stereocenters. The summed E-state index contributed by atoms with van der Waals surface area (Å²) in [4.78, 5) is 26.4. The van der Waals surface area contributed by atoms with Gasteiger partial charge in [-0.3, -0.25) is 9.59 Å². The van der Waals surface area contributed by atoms with Crippen LogP contribution in [0.15, 0.2) is 146 Å². The Hall–Kier alpha value is -5.88. The summed E-state index contributed by atoms with van der Waals surface area (Å²) in [5, 5.41) is 8.16. The third-order valence-electron chi connectivity index (χ3n) is 7.49. The minimum Gasteiger partial charge on any atom is -0.322 e. The van der Waals surface area contributed by atoms with Crippen LogP contribution in [0.2, 0.25) is 0 Å². The SMILES string of the molecule is C=C(C)C(=O)Nc1ccc(N(c2ccc(NC(=O)C(=C)C)cc2)c2ccc(-n3c4ccccc4c4ccccc43)cc2)cc1.CC. The maximum Gasteiger partial charge on any atom is 0.250 e. The van der Waals surface area contributed by atoms with Crippen LogP contribution in [0.4, 0.5) is 28.4 Å². The van der Waals surface area contributed by atoms with Crippen molar-refractivity contribution in [3.63, 3.8) is 0 Å². The number of nitrogens with one attached hydrogen (secondary N) is 2. The number of hydrogen-bond donors (Lipinski definition) is 2. The standard InChI is InChI=1S/C38H32N4O2.C2H6/c1-25(2)37(43)39-27-13-17-29(18-14-27)41(30-19-15-28(16-20-30)40-38(44)26(3)4)31-21-23-32(24-22-31)42-35-11-7-5-9-33(35)34-10-6-8-12-36(34)42;1-2/h5-24H,1,3H2,2,4H3,(H,39,43)(H,40,44);1-2H3. The molecule has 2 N–H and O–H groups in total. The van der Waals surface area contributed by atoms with Gasteiger partial charge in [0.15, 0.2) is 0 Å². The molecule has 0 aliphatic heterocycles. The van der Waals surface area contributed by atoms with E-state index in [0.717, 1.165) is 33.8 Å². The molecule has 6 rings (SSSR count). The lowest BCUT2D eigenvalue weighted by Gasteiger charge is -2.26. The Kier molecular flexibility index (Phi) is 9.48. The Bertz CT molecular complexity index is 1910. The fourth-order valence-electron chi connectivity index (χ4n) is 5.26. The number of fused-ring (bicyclic) bond motifs is 3. The maximum atomic E-state index is 12.2. The van der Waals surface area contributed by atoms with E-state index in [4.69, 9.17) is 0 Å². The number of carbonyl (C=O) groups is 2. The van der Waals surface area contributed by atoms with Crippen molar-refractivity contribution in [1.29, 1.82) is 0 Å². The molecule has 0 aliphatic rings. The summed E-state index contributed by atoms with van der Waals surface area (Å²) in [7, 11) is 0. The van der Waals surface area contributed by atoms with Gasteiger partial charge in [0.05, 0.1) is 11.0 Å². The molecule has 6 nitrogen and oxygen atoms in total.